The van der Waals surface area contributed by atoms with E-state index in [2.05, 4.69) is 10.3 Å². The fraction of sp³-hybridized carbons (Fsp3) is 0.227. The number of aryl methyl sites for hydroxylation is 1. The summed E-state index contributed by atoms with van der Waals surface area (Å²) in [4.78, 5) is 34.5. The van der Waals surface area contributed by atoms with Crippen LogP contribution >= 0.6 is 22.9 Å². The molecule has 30 heavy (non-hydrogen) atoms. The summed E-state index contributed by atoms with van der Waals surface area (Å²) < 4.78 is 0. The summed E-state index contributed by atoms with van der Waals surface area (Å²) in [5, 5.41) is 5.70. The summed E-state index contributed by atoms with van der Waals surface area (Å²) in [6.07, 6.45) is 1.56. The molecule has 3 heterocycles. The lowest BCUT2D eigenvalue weighted by Crippen LogP contribution is -2.40. The number of rotatable bonds is 5. The van der Waals surface area contributed by atoms with E-state index in [1.54, 1.807) is 52.6 Å². The Kier molecular flexibility index (Phi) is 5.74. The van der Waals surface area contributed by atoms with Crippen LogP contribution in [-0.2, 0) is 17.9 Å². The van der Waals surface area contributed by atoms with E-state index < -0.39 is 0 Å². The SMILES string of the molecule is Cc1ccsc1CN(C)C(=O)c1cnc2c(c1)N(Cc1ccc(Cl)cc1)C(=O)CN2. The van der Waals surface area contributed by atoms with Gasteiger partial charge in [0.1, 0.15) is 0 Å². The third kappa shape index (κ3) is 4.17. The molecule has 2 amide bonds. The molecule has 1 aliphatic rings. The van der Waals surface area contributed by atoms with Crippen LogP contribution in [0.25, 0.3) is 0 Å². The van der Waals surface area contributed by atoms with Gasteiger partial charge in [0.15, 0.2) is 5.82 Å². The molecule has 0 aliphatic carbocycles. The van der Waals surface area contributed by atoms with Crippen molar-refractivity contribution in [3.8, 4) is 0 Å². The molecular weight excluding hydrogens is 420 g/mol. The minimum Gasteiger partial charge on any atom is -0.359 e. The molecule has 3 aromatic rings. The Bertz CT molecular complexity index is 1100. The first-order valence-electron chi connectivity index (χ1n) is 9.49. The number of pyridine rings is 1. The fourth-order valence-electron chi connectivity index (χ4n) is 3.32. The van der Waals surface area contributed by atoms with E-state index in [1.807, 2.05) is 30.5 Å². The number of anilines is 2. The van der Waals surface area contributed by atoms with Gasteiger partial charge in [0, 0.05) is 23.1 Å². The number of benzene rings is 1. The van der Waals surface area contributed by atoms with E-state index in [1.165, 1.54) is 5.56 Å². The van der Waals surface area contributed by atoms with Crippen molar-refractivity contribution < 1.29 is 9.59 Å². The van der Waals surface area contributed by atoms with Crippen molar-refractivity contribution in [3.63, 3.8) is 0 Å². The Morgan fingerprint density at radius 2 is 2.07 bits per heavy atom. The standard InChI is InChI=1S/C22H21ClN4O2S/c1-14-7-8-30-19(14)13-26(2)22(29)16-9-18-21(24-10-16)25-11-20(28)27(18)12-15-3-5-17(23)6-4-15/h3-10H,11-13H2,1-2H3,(H,24,25). The lowest BCUT2D eigenvalue weighted by molar-refractivity contribution is -0.117. The van der Waals surface area contributed by atoms with Crippen molar-refractivity contribution in [1.29, 1.82) is 0 Å². The number of carbonyl (C=O) groups excluding carboxylic acids is 2. The van der Waals surface area contributed by atoms with Crippen LogP contribution in [-0.4, -0.2) is 35.3 Å². The zero-order valence-electron chi connectivity index (χ0n) is 16.7. The van der Waals surface area contributed by atoms with Crippen LogP contribution in [0.4, 0.5) is 11.5 Å². The van der Waals surface area contributed by atoms with Gasteiger partial charge in [0.05, 0.1) is 30.9 Å². The van der Waals surface area contributed by atoms with Crippen LogP contribution in [0.3, 0.4) is 0 Å². The zero-order valence-corrected chi connectivity index (χ0v) is 18.3. The molecule has 0 saturated heterocycles. The van der Waals surface area contributed by atoms with Gasteiger partial charge < -0.3 is 15.1 Å². The lowest BCUT2D eigenvalue weighted by Gasteiger charge is -2.30. The van der Waals surface area contributed by atoms with Crippen LogP contribution in [0.15, 0.2) is 48.0 Å². The number of thiophene rings is 1. The molecule has 1 N–H and O–H groups in total. The average molecular weight is 441 g/mol. The lowest BCUT2D eigenvalue weighted by atomic mass is 10.1. The smallest absolute Gasteiger partial charge is 0.255 e. The maximum atomic E-state index is 13.0. The van der Waals surface area contributed by atoms with E-state index in [-0.39, 0.29) is 18.4 Å². The summed E-state index contributed by atoms with van der Waals surface area (Å²) in [7, 11) is 1.77. The normalized spacial score (nSPS) is 13.0. The third-order valence-corrected chi connectivity index (χ3v) is 6.32. The summed E-state index contributed by atoms with van der Waals surface area (Å²) in [6.45, 7) is 3.12. The van der Waals surface area contributed by atoms with E-state index in [4.69, 9.17) is 11.6 Å². The number of carbonyl (C=O) groups is 2. The second-order valence-electron chi connectivity index (χ2n) is 7.24. The van der Waals surface area contributed by atoms with Crippen LogP contribution in [0.1, 0.15) is 26.4 Å². The topological polar surface area (TPSA) is 65.5 Å². The van der Waals surface area contributed by atoms with Crippen molar-refractivity contribution in [2.45, 2.75) is 20.0 Å². The first kappa shape index (κ1) is 20.4. The largest absolute Gasteiger partial charge is 0.359 e. The number of fused-ring (bicyclic) bond motifs is 1. The van der Waals surface area contributed by atoms with Gasteiger partial charge in [0.25, 0.3) is 5.91 Å². The van der Waals surface area contributed by atoms with Gasteiger partial charge >= 0.3 is 0 Å². The number of hydrogen-bond acceptors (Lipinski definition) is 5. The fourth-order valence-corrected chi connectivity index (χ4v) is 4.41. The predicted octanol–water partition coefficient (Wildman–Crippen LogP) is 4.34. The van der Waals surface area contributed by atoms with Gasteiger partial charge in [-0.15, -0.1) is 11.3 Å². The Morgan fingerprint density at radius 3 is 2.77 bits per heavy atom. The van der Waals surface area contributed by atoms with Crippen LogP contribution in [0.2, 0.25) is 5.02 Å². The van der Waals surface area contributed by atoms with E-state index in [0.717, 1.165) is 10.4 Å². The molecule has 0 unspecified atom stereocenters. The highest BCUT2D eigenvalue weighted by molar-refractivity contribution is 7.10. The molecule has 0 spiro atoms. The monoisotopic (exact) mass is 440 g/mol. The van der Waals surface area contributed by atoms with Gasteiger partial charge in [-0.25, -0.2) is 4.98 Å². The molecule has 4 rings (SSSR count). The van der Waals surface area contributed by atoms with Crippen molar-refractivity contribution in [2.24, 2.45) is 0 Å². The molecule has 0 radical (unpaired) electrons. The van der Waals surface area contributed by atoms with Gasteiger partial charge in [-0.2, -0.15) is 0 Å². The number of nitrogens with one attached hydrogen (secondary N) is 1. The van der Waals surface area contributed by atoms with E-state index in [0.29, 0.717) is 35.2 Å². The Balaban J connectivity index is 1.59. The number of halogens is 1. The number of hydrogen-bond donors (Lipinski definition) is 1. The van der Waals surface area contributed by atoms with Crippen molar-refractivity contribution in [3.05, 3.63) is 74.6 Å². The van der Waals surface area contributed by atoms with Gasteiger partial charge in [-0.1, -0.05) is 23.7 Å². The van der Waals surface area contributed by atoms with Gasteiger partial charge in [-0.3, -0.25) is 9.59 Å². The molecule has 0 atom stereocenters. The average Bonchev–Trinajstić information content (AvgIpc) is 3.15. The van der Waals surface area contributed by atoms with Crippen molar-refractivity contribution >= 4 is 46.3 Å². The first-order valence-corrected chi connectivity index (χ1v) is 10.8. The molecule has 154 valence electrons. The third-order valence-electron chi connectivity index (χ3n) is 5.06. The number of amides is 2. The molecule has 0 bridgehead atoms. The highest BCUT2D eigenvalue weighted by Crippen LogP contribution is 2.30. The molecule has 8 heteroatoms. The Hall–Kier alpha value is -2.90. The summed E-state index contributed by atoms with van der Waals surface area (Å²) in [5.74, 6) is 0.380. The maximum absolute atomic E-state index is 13.0. The molecule has 1 aliphatic heterocycles. The zero-order chi connectivity index (χ0) is 21.3. The highest BCUT2D eigenvalue weighted by atomic mass is 35.5. The summed E-state index contributed by atoms with van der Waals surface area (Å²) >= 11 is 7.60. The second kappa shape index (κ2) is 8.45. The minimum atomic E-state index is -0.137. The summed E-state index contributed by atoms with van der Waals surface area (Å²) in [6, 6.07) is 11.1. The Morgan fingerprint density at radius 1 is 1.30 bits per heavy atom. The van der Waals surface area contributed by atoms with Gasteiger partial charge in [-0.05, 0) is 47.7 Å². The van der Waals surface area contributed by atoms with E-state index >= 15 is 0 Å². The van der Waals surface area contributed by atoms with Crippen LogP contribution in [0.5, 0.6) is 0 Å². The Labute approximate surface area is 184 Å². The summed E-state index contributed by atoms with van der Waals surface area (Å²) in [5.41, 5.74) is 3.17. The number of aromatic nitrogens is 1. The second-order valence-corrected chi connectivity index (χ2v) is 8.68. The van der Waals surface area contributed by atoms with Gasteiger partial charge in [0.2, 0.25) is 5.91 Å². The van der Waals surface area contributed by atoms with Crippen LogP contribution in [0, 0.1) is 6.92 Å². The molecular formula is C22H21ClN4O2S. The molecule has 0 saturated carbocycles. The molecule has 1 aromatic carbocycles. The minimum absolute atomic E-state index is 0.0774. The number of nitrogens with zero attached hydrogens (tertiary/aromatic N) is 3. The molecule has 2 aromatic heterocycles. The molecule has 6 nitrogen and oxygen atoms in total. The van der Waals surface area contributed by atoms with E-state index in [9.17, 15) is 9.59 Å². The quantitative estimate of drug-likeness (QED) is 0.641. The highest BCUT2D eigenvalue weighted by Gasteiger charge is 2.27. The van der Waals surface area contributed by atoms with Crippen molar-refractivity contribution in [2.75, 3.05) is 23.8 Å². The molecule has 0 fully saturated rings. The first-order chi connectivity index (χ1) is 14.4. The van der Waals surface area contributed by atoms with Crippen LogP contribution < -0.4 is 10.2 Å². The predicted molar refractivity (Wildman–Crippen MR) is 120 cm³/mol. The van der Waals surface area contributed by atoms with Crippen molar-refractivity contribution in [1.82, 2.24) is 9.88 Å². The maximum Gasteiger partial charge on any atom is 0.255 e.